The summed E-state index contributed by atoms with van der Waals surface area (Å²) in [6.07, 6.45) is 12.7. The van der Waals surface area contributed by atoms with E-state index >= 15 is 0 Å². The number of ether oxygens (including phenoxy) is 1. The number of rotatable bonds is 14. The van der Waals surface area contributed by atoms with Crippen molar-refractivity contribution in [2.45, 2.75) is 153 Å². The number of benzene rings is 2. The fraction of sp³-hybridized carbons (Fsp3) is 0.534. The number of halogens is 1. The summed E-state index contributed by atoms with van der Waals surface area (Å²) in [6.45, 7) is 11.1. The van der Waals surface area contributed by atoms with E-state index in [0.29, 0.717) is 34.8 Å². The van der Waals surface area contributed by atoms with E-state index in [2.05, 4.69) is 40.2 Å². The molecule has 0 spiro atoms. The Morgan fingerprint density at radius 2 is 1.64 bits per heavy atom. The maximum absolute atomic E-state index is 14.5. The summed E-state index contributed by atoms with van der Waals surface area (Å²) >= 11 is 1.57. The SMILES string of the molecule is Cc1ncsc1-c1ccc(CNC(=O)[C@@H]2C[C@@H](O)CN2C(=O)C(/C=N\C(=O)C2(F)CC2)C(C)(C)C)c(O[C@H]2CC[C@H](N3CCC(c4cnc(N5C6CCC5CN(c5cc(-c7ccccc7O)nnc5N)C6)nc4)CC3)CC2)c1. The van der Waals surface area contributed by atoms with Gasteiger partial charge in [-0.25, -0.2) is 24.3 Å². The molecule has 5 aromatic rings. The quantitative estimate of drug-likeness (QED) is 0.0794. The molecule has 18 nitrogen and oxygen atoms in total. The number of nitrogens with zero attached hydrogens (tertiary/aromatic N) is 10. The largest absolute Gasteiger partial charge is 0.507 e. The van der Waals surface area contributed by atoms with Gasteiger partial charge in [-0.3, -0.25) is 14.4 Å². The van der Waals surface area contributed by atoms with Crippen molar-refractivity contribution in [3.8, 4) is 33.2 Å². The lowest BCUT2D eigenvalue weighted by atomic mass is 9.80. The number of phenols is 1. The monoisotopic (exact) mass is 1080 g/mol. The molecule has 5 atom stereocenters. The van der Waals surface area contributed by atoms with Gasteiger partial charge in [0.25, 0.3) is 5.91 Å². The van der Waals surface area contributed by atoms with Crippen molar-refractivity contribution < 1.29 is 33.7 Å². The number of hydrogen-bond donors (Lipinski definition) is 4. The number of nitrogens with two attached hydrogens (primary N) is 1. The molecular weight excluding hydrogens is 1010 g/mol. The summed E-state index contributed by atoms with van der Waals surface area (Å²) in [6, 6.07) is 15.1. The van der Waals surface area contributed by atoms with Gasteiger partial charge in [0.2, 0.25) is 17.8 Å². The number of alkyl halides is 1. The van der Waals surface area contributed by atoms with Gasteiger partial charge in [0.1, 0.15) is 17.5 Å². The van der Waals surface area contributed by atoms with Crippen molar-refractivity contribution in [2.75, 3.05) is 48.3 Å². The zero-order valence-electron chi connectivity index (χ0n) is 44.9. The van der Waals surface area contributed by atoms with E-state index in [-0.39, 0.29) is 56.3 Å². The zero-order valence-corrected chi connectivity index (χ0v) is 45.7. The molecule has 5 N–H and O–H groups in total. The van der Waals surface area contributed by atoms with E-state index in [1.807, 2.05) is 82.0 Å². The molecule has 4 saturated heterocycles. The maximum atomic E-state index is 14.5. The van der Waals surface area contributed by atoms with Crippen LogP contribution in [0.25, 0.3) is 21.7 Å². The highest BCUT2D eigenvalue weighted by Crippen LogP contribution is 2.43. The second-order valence-electron chi connectivity index (χ2n) is 23.5. The number of nitrogen functional groups attached to an aromatic ring is 1. The third kappa shape index (κ3) is 11.2. The molecule has 78 heavy (non-hydrogen) atoms. The molecule has 3 aromatic heterocycles. The molecule has 11 rings (SSSR count). The molecule has 6 fully saturated rings. The number of anilines is 3. The number of aliphatic hydroxyl groups is 1. The van der Waals surface area contributed by atoms with Crippen LogP contribution in [0.2, 0.25) is 0 Å². The number of hydrogen-bond acceptors (Lipinski definition) is 16. The predicted molar refractivity (Wildman–Crippen MR) is 297 cm³/mol. The summed E-state index contributed by atoms with van der Waals surface area (Å²) in [5.74, 6) is -0.269. The number of aryl methyl sites for hydroxylation is 1. The van der Waals surface area contributed by atoms with Gasteiger partial charge in [-0.05, 0) is 131 Å². The van der Waals surface area contributed by atoms with Crippen LogP contribution >= 0.6 is 11.3 Å². The molecule has 7 heterocycles. The van der Waals surface area contributed by atoms with Crippen LogP contribution in [-0.2, 0) is 20.9 Å². The minimum atomic E-state index is -1.96. The van der Waals surface area contributed by atoms with Crippen LogP contribution in [0.5, 0.6) is 11.5 Å². The van der Waals surface area contributed by atoms with E-state index in [9.17, 15) is 29.0 Å². The van der Waals surface area contributed by atoms with Crippen LogP contribution in [0.1, 0.15) is 114 Å². The second kappa shape index (κ2) is 21.9. The van der Waals surface area contributed by atoms with Crippen molar-refractivity contribution in [1.82, 2.24) is 40.3 Å². The number of nitrogens with one attached hydrogen (secondary N) is 1. The Kier molecular flexibility index (Phi) is 15.0. The Morgan fingerprint density at radius 1 is 0.936 bits per heavy atom. The van der Waals surface area contributed by atoms with Crippen molar-refractivity contribution in [1.29, 1.82) is 0 Å². The molecule has 3 amide bonds. The average Bonchev–Trinajstić information content (AvgIpc) is 3.84. The highest BCUT2D eigenvalue weighted by atomic mass is 32.1. The van der Waals surface area contributed by atoms with E-state index in [1.54, 1.807) is 23.5 Å². The smallest absolute Gasteiger partial charge is 0.282 e. The van der Waals surface area contributed by atoms with E-state index in [0.717, 1.165) is 111 Å². The lowest BCUT2D eigenvalue weighted by molar-refractivity contribution is -0.142. The molecule has 412 valence electrons. The number of thiazole rings is 1. The first-order valence-electron chi connectivity index (χ1n) is 27.7. The molecular formula is C58H71FN12O6S. The van der Waals surface area contributed by atoms with Crippen molar-refractivity contribution in [3.63, 3.8) is 0 Å². The number of piperidine rings is 1. The summed E-state index contributed by atoms with van der Waals surface area (Å²) in [4.78, 5) is 68.6. The van der Waals surface area contributed by atoms with Crippen LogP contribution in [-0.4, -0.2) is 144 Å². The van der Waals surface area contributed by atoms with Gasteiger partial charge in [0.05, 0.1) is 45.6 Å². The number of carbonyl (C=O) groups excluding carboxylic acids is 3. The first-order valence-corrected chi connectivity index (χ1v) is 28.6. The van der Waals surface area contributed by atoms with Gasteiger partial charge < -0.3 is 45.6 Å². The number of aliphatic hydroxyl groups excluding tert-OH is 1. The second-order valence-corrected chi connectivity index (χ2v) is 24.3. The number of piperazine rings is 1. The number of amides is 3. The average molecular weight is 1080 g/mol. The van der Waals surface area contributed by atoms with Crippen molar-refractivity contribution in [2.24, 2.45) is 16.3 Å². The zero-order chi connectivity index (χ0) is 54.5. The Bertz CT molecular complexity index is 3030. The first kappa shape index (κ1) is 53.4. The standard InChI is InChI=1S/C58H71FN12O6S/c1-34-51(78-33-65-34)36-9-10-37(26-61-53(74)48-24-42(72)32-70(48)54(75)45(57(2,3)4)29-62-55(76)58(59)19-20-58)50(23-36)77-43-15-13-39(14-16-43)68-21-17-35(18-22-68)38-27-63-56(64-28-38)71-40-11-12-41(71)31-69(30-40)47-25-46(66-67-52(47)60)44-7-5-6-8-49(44)73/h5-10,23,25,27-29,33,35,39-43,45,48,72-73H,11-22,24,26,30-32H2,1-4H3,(H2,60,67)(H,61,74)/b62-29-/t39-,40?,41?,42-,43-,45?,48+/m1/s1. The molecule has 6 aliphatic rings. The van der Waals surface area contributed by atoms with Crippen LogP contribution in [0.3, 0.4) is 0 Å². The van der Waals surface area contributed by atoms with Crippen LogP contribution in [0.4, 0.5) is 21.8 Å². The molecule has 2 aliphatic carbocycles. The number of aliphatic imine (C=N–C) groups is 1. The Balaban J connectivity index is 0.683. The van der Waals surface area contributed by atoms with Gasteiger partial charge in [0, 0.05) is 80.5 Å². The summed E-state index contributed by atoms with van der Waals surface area (Å²) in [7, 11) is 0. The number of aromatic nitrogens is 5. The summed E-state index contributed by atoms with van der Waals surface area (Å²) in [5, 5.41) is 32.9. The van der Waals surface area contributed by atoms with Crippen LogP contribution in [0.15, 0.2) is 71.4 Å². The minimum Gasteiger partial charge on any atom is -0.507 e. The highest BCUT2D eigenvalue weighted by Gasteiger charge is 2.51. The molecule has 0 radical (unpaired) electrons. The van der Waals surface area contributed by atoms with E-state index < -0.39 is 46.9 Å². The summed E-state index contributed by atoms with van der Waals surface area (Å²) < 4.78 is 21.3. The van der Waals surface area contributed by atoms with Gasteiger partial charge in [0.15, 0.2) is 11.5 Å². The van der Waals surface area contributed by atoms with Gasteiger partial charge in [-0.2, -0.15) is 0 Å². The first-order chi connectivity index (χ1) is 37.5. The molecule has 20 heteroatoms. The number of β-amino-alcohol motifs (C(OH)–C–C–N with tert-alkyl or cyclic N) is 1. The van der Waals surface area contributed by atoms with Gasteiger partial charge >= 0.3 is 0 Å². The predicted octanol–water partition coefficient (Wildman–Crippen LogP) is 7.42. The molecule has 2 saturated carbocycles. The maximum Gasteiger partial charge on any atom is 0.282 e. The Labute approximate surface area is 458 Å². The molecule has 3 unspecified atom stereocenters. The lowest BCUT2D eigenvalue weighted by Crippen LogP contribution is -2.54. The number of phenolic OH excluding ortho intramolecular Hbond substituents is 1. The molecule has 2 bridgehead atoms. The Morgan fingerprint density at radius 3 is 2.31 bits per heavy atom. The topological polar surface area (TPSA) is 229 Å². The molecule has 4 aliphatic heterocycles. The normalized spacial score (nSPS) is 24.9. The van der Waals surface area contributed by atoms with Gasteiger partial charge in [-0.15, -0.1) is 21.5 Å². The third-order valence-electron chi connectivity index (χ3n) is 17.2. The number of likely N-dealkylation sites (tertiary alicyclic amines) is 2. The number of carbonyl (C=O) groups is 3. The van der Waals surface area contributed by atoms with E-state index in [4.69, 9.17) is 20.4 Å². The number of fused-ring (bicyclic) bond motifs is 2. The lowest BCUT2D eigenvalue weighted by Gasteiger charge is -2.42. The Hall–Kier alpha value is -6.64. The fourth-order valence-corrected chi connectivity index (χ4v) is 13.2. The van der Waals surface area contributed by atoms with Crippen LogP contribution in [0, 0.1) is 18.3 Å². The number of aromatic hydroxyl groups is 1. The third-order valence-corrected chi connectivity index (χ3v) is 18.1. The highest BCUT2D eigenvalue weighted by molar-refractivity contribution is 7.13. The van der Waals surface area contributed by atoms with Crippen LogP contribution < -0.4 is 25.6 Å². The van der Waals surface area contributed by atoms with Crippen molar-refractivity contribution >= 4 is 52.7 Å². The molecule has 2 aromatic carbocycles. The minimum absolute atomic E-state index is 0.0123. The number of para-hydroxylation sites is 1. The summed E-state index contributed by atoms with van der Waals surface area (Å²) in [5.41, 5.74) is 11.5. The van der Waals surface area contributed by atoms with E-state index in [1.165, 1.54) is 16.7 Å². The van der Waals surface area contributed by atoms with Gasteiger partial charge in [-0.1, -0.05) is 45.0 Å². The van der Waals surface area contributed by atoms with Crippen molar-refractivity contribution in [3.05, 3.63) is 83.3 Å². The fourth-order valence-electron chi connectivity index (χ4n) is 12.4.